The van der Waals surface area contributed by atoms with Gasteiger partial charge in [0.25, 0.3) is 0 Å². The summed E-state index contributed by atoms with van der Waals surface area (Å²) >= 11 is 0. The van der Waals surface area contributed by atoms with Gasteiger partial charge in [-0.25, -0.2) is 0 Å². The lowest BCUT2D eigenvalue weighted by atomic mass is 9.69. The summed E-state index contributed by atoms with van der Waals surface area (Å²) in [7, 11) is 1.41. The third-order valence-electron chi connectivity index (χ3n) is 8.78. The van der Waals surface area contributed by atoms with Gasteiger partial charge in [0.15, 0.2) is 0 Å². The Labute approximate surface area is 234 Å². The summed E-state index contributed by atoms with van der Waals surface area (Å²) in [6.07, 6.45) is 15.1. The summed E-state index contributed by atoms with van der Waals surface area (Å²) in [6, 6.07) is 15.6. The molecule has 0 saturated heterocycles. The Hall–Kier alpha value is -3.24. The molecule has 206 valence electrons. The first-order valence-corrected chi connectivity index (χ1v) is 14.4. The molecule has 1 aliphatic rings. The van der Waals surface area contributed by atoms with E-state index in [0.29, 0.717) is 0 Å². The fourth-order valence-corrected chi connectivity index (χ4v) is 6.22. The number of esters is 1. The Balaban J connectivity index is 1.64. The number of aryl methyl sites for hydroxylation is 2. The van der Waals surface area contributed by atoms with Gasteiger partial charge in [0.05, 0.1) is 19.1 Å². The van der Waals surface area contributed by atoms with Crippen molar-refractivity contribution in [2.45, 2.75) is 90.1 Å². The lowest BCUT2D eigenvalue weighted by Gasteiger charge is -2.34. The molecule has 1 saturated carbocycles. The average Bonchev–Trinajstić information content (AvgIpc) is 2.94. The number of carbonyl (C=O) groups is 1. The zero-order chi connectivity index (χ0) is 28.0. The Bertz CT molecular complexity index is 1330. The first-order chi connectivity index (χ1) is 18.7. The van der Waals surface area contributed by atoms with E-state index in [9.17, 15) is 9.90 Å². The van der Waals surface area contributed by atoms with Crippen LogP contribution in [0.15, 0.2) is 60.9 Å². The molecule has 2 aromatic carbocycles. The average molecular weight is 526 g/mol. The molecule has 0 spiro atoms. The number of benzene rings is 2. The molecule has 39 heavy (non-hydrogen) atoms. The van der Waals surface area contributed by atoms with Crippen LogP contribution in [0.2, 0.25) is 0 Å². The molecular weight excluding hydrogens is 482 g/mol. The lowest BCUT2D eigenvalue weighted by Crippen LogP contribution is -2.28. The highest BCUT2D eigenvalue weighted by atomic mass is 16.5. The number of aliphatic hydroxyl groups is 1. The van der Waals surface area contributed by atoms with Crippen LogP contribution in [0.3, 0.4) is 0 Å². The SMILES string of the molecule is CCC(CC)(c1ccc(/C=C/C2(O)CCCCC2)c(C)c1)c1ccc(-c2cncc(CC(=O)OC)c2)c(C)c1. The summed E-state index contributed by atoms with van der Waals surface area (Å²) in [4.78, 5) is 16.1. The van der Waals surface area contributed by atoms with Crippen LogP contribution in [0, 0.1) is 13.8 Å². The van der Waals surface area contributed by atoms with Crippen molar-refractivity contribution in [2.24, 2.45) is 0 Å². The maximum Gasteiger partial charge on any atom is 0.310 e. The summed E-state index contributed by atoms with van der Waals surface area (Å²) < 4.78 is 4.82. The van der Waals surface area contributed by atoms with Crippen LogP contribution in [-0.4, -0.2) is 28.8 Å². The molecule has 1 aliphatic carbocycles. The zero-order valence-electron chi connectivity index (χ0n) is 24.2. The fourth-order valence-electron chi connectivity index (χ4n) is 6.22. The third kappa shape index (κ3) is 6.33. The lowest BCUT2D eigenvalue weighted by molar-refractivity contribution is -0.139. The maximum absolute atomic E-state index is 11.8. The number of pyridine rings is 1. The van der Waals surface area contributed by atoms with Crippen LogP contribution in [0.4, 0.5) is 0 Å². The molecule has 1 heterocycles. The second kappa shape index (κ2) is 12.3. The van der Waals surface area contributed by atoms with Crippen LogP contribution in [0.5, 0.6) is 0 Å². The predicted octanol–water partition coefficient (Wildman–Crippen LogP) is 7.90. The van der Waals surface area contributed by atoms with Crippen molar-refractivity contribution < 1.29 is 14.6 Å². The molecule has 1 fully saturated rings. The topological polar surface area (TPSA) is 59.4 Å². The van der Waals surface area contributed by atoms with Crippen molar-refractivity contribution in [3.63, 3.8) is 0 Å². The van der Waals surface area contributed by atoms with Crippen LogP contribution < -0.4 is 0 Å². The largest absolute Gasteiger partial charge is 0.469 e. The van der Waals surface area contributed by atoms with Gasteiger partial charge >= 0.3 is 5.97 Å². The molecule has 4 rings (SSSR count). The molecule has 4 nitrogen and oxygen atoms in total. The quantitative estimate of drug-likeness (QED) is 0.289. The van der Waals surface area contributed by atoms with Gasteiger partial charge in [-0.3, -0.25) is 9.78 Å². The van der Waals surface area contributed by atoms with Crippen molar-refractivity contribution in [3.8, 4) is 11.1 Å². The number of rotatable bonds is 9. The molecule has 0 amide bonds. The number of carbonyl (C=O) groups excluding carboxylic acids is 1. The van der Waals surface area contributed by atoms with E-state index in [4.69, 9.17) is 4.74 Å². The molecular formula is C35H43NO3. The number of ether oxygens (including phenoxy) is 1. The van der Waals surface area contributed by atoms with Gasteiger partial charge in [0.2, 0.25) is 0 Å². The minimum absolute atomic E-state index is 0.0944. The Kier molecular flexibility index (Phi) is 9.07. The van der Waals surface area contributed by atoms with Gasteiger partial charge in [0.1, 0.15) is 0 Å². The van der Waals surface area contributed by atoms with E-state index in [1.807, 2.05) is 18.3 Å². The van der Waals surface area contributed by atoms with Crippen LogP contribution in [0.25, 0.3) is 17.2 Å². The zero-order valence-corrected chi connectivity index (χ0v) is 24.2. The number of nitrogens with zero attached hydrogens (tertiary/aromatic N) is 1. The van der Waals surface area contributed by atoms with Crippen LogP contribution >= 0.6 is 0 Å². The minimum Gasteiger partial charge on any atom is -0.469 e. The Morgan fingerprint density at radius 2 is 1.64 bits per heavy atom. The fraction of sp³-hybridized carbons (Fsp3) is 0.429. The van der Waals surface area contributed by atoms with E-state index in [1.165, 1.54) is 41.3 Å². The third-order valence-corrected chi connectivity index (χ3v) is 8.78. The molecule has 0 aliphatic heterocycles. The number of methoxy groups -OCH3 is 1. The second-order valence-corrected chi connectivity index (χ2v) is 11.2. The van der Waals surface area contributed by atoms with Crippen molar-refractivity contribution in [2.75, 3.05) is 7.11 Å². The Morgan fingerprint density at radius 1 is 0.974 bits per heavy atom. The van der Waals surface area contributed by atoms with Gasteiger partial charge in [-0.05, 0) is 84.5 Å². The van der Waals surface area contributed by atoms with E-state index in [0.717, 1.165) is 55.2 Å². The Morgan fingerprint density at radius 3 is 2.26 bits per heavy atom. The summed E-state index contributed by atoms with van der Waals surface area (Å²) in [5, 5.41) is 10.9. The molecule has 0 atom stereocenters. The first kappa shape index (κ1) is 28.8. The maximum atomic E-state index is 11.8. The minimum atomic E-state index is -0.659. The van der Waals surface area contributed by atoms with Crippen molar-refractivity contribution in [3.05, 3.63) is 94.3 Å². The number of aromatic nitrogens is 1. The van der Waals surface area contributed by atoms with Gasteiger partial charge in [-0.15, -0.1) is 0 Å². The highest BCUT2D eigenvalue weighted by Crippen LogP contribution is 2.41. The van der Waals surface area contributed by atoms with Gasteiger partial charge in [-0.2, -0.15) is 0 Å². The van der Waals surface area contributed by atoms with Gasteiger partial charge in [-0.1, -0.05) is 81.7 Å². The second-order valence-electron chi connectivity index (χ2n) is 11.2. The smallest absolute Gasteiger partial charge is 0.310 e. The normalized spacial score (nSPS) is 15.4. The van der Waals surface area contributed by atoms with Crippen molar-refractivity contribution in [1.29, 1.82) is 0 Å². The van der Waals surface area contributed by atoms with E-state index >= 15 is 0 Å². The predicted molar refractivity (Wildman–Crippen MR) is 160 cm³/mol. The highest BCUT2D eigenvalue weighted by Gasteiger charge is 2.31. The van der Waals surface area contributed by atoms with Crippen LogP contribution in [0.1, 0.15) is 92.2 Å². The monoisotopic (exact) mass is 525 g/mol. The molecule has 3 aromatic rings. The summed E-state index contributed by atoms with van der Waals surface area (Å²) in [6.45, 7) is 8.87. The number of hydrogen-bond donors (Lipinski definition) is 1. The standard InChI is InChI=1S/C35H43NO3/c1-6-35(7-2,30-12-11-28(25(3)19-30)15-18-34(38)16-9-8-10-17-34)31-13-14-32(26(4)20-31)29-21-27(23-36-24-29)22-33(37)39-5/h11-15,18-21,23-24,38H,6-10,16-17,22H2,1-5H3/b18-15+. The number of hydrogen-bond acceptors (Lipinski definition) is 4. The van der Waals surface area contributed by atoms with Crippen molar-refractivity contribution in [1.82, 2.24) is 4.98 Å². The molecule has 4 heteroatoms. The first-order valence-electron chi connectivity index (χ1n) is 14.4. The molecule has 1 N–H and O–H groups in total. The van der Waals surface area contributed by atoms with Gasteiger partial charge in [0, 0.05) is 23.4 Å². The molecule has 0 bridgehead atoms. The summed E-state index contributed by atoms with van der Waals surface area (Å²) in [5.41, 5.74) is 8.45. The van der Waals surface area contributed by atoms with E-state index in [1.54, 1.807) is 6.20 Å². The van der Waals surface area contributed by atoms with E-state index in [2.05, 4.69) is 75.2 Å². The van der Waals surface area contributed by atoms with Crippen LogP contribution in [-0.2, 0) is 21.4 Å². The molecule has 0 unspecified atom stereocenters. The molecule has 1 aromatic heterocycles. The highest BCUT2D eigenvalue weighted by molar-refractivity contribution is 5.74. The summed E-state index contributed by atoms with van der Waals surface area (Å²) in [5.74, 6) is -0.265. The molecule has 0 radical (unpaired) electrons. The van der Waals surface area contributed by atoms with E-state index in [-0.39, 0.29) is 17.8 Å². The van der Waals surface area contributed by atoms with Crippen molar-refractivity contribution >= 4 is 12.0 Å². The van der Waals surface area contributed by atoms with Gasteiger partial charge < -0.3 is 9.84 Å². The van der Waals surface area contributed by atoms with E-state index < -0.39 is 5.60 Å².